The van der Waals surface area contributed by atoms with E-state index in [2.05, 4.69) is 0 Å². The lowest BCUT2D eigenvalue weighted by atomic mass is 9.95. The minimum Gasteiger partial charge on any atom is -0.396 e. The van der Waals surface area contributed by atoms with Gasteiger partial charge in [-0.3, -0.25) is 4.79 Å². The van der Waals surface area contributed by atoms with Crippen molar-refractivity contribution in [2.24, 2.45) is 0 Å². The van der Waals surface area contributed by atoms with E-state index >= 15 is 0 Å². The standard InChI is InChI=1S/C11H23NO2/c1-10(2,3)12(11(4,5)6)9(14)7-8-13/h13H,7-8H2,1-6H3. The van der Waals surface area contributed by atoms with Crippen molar-refractivity contribution in [3.8, 4) is 0 Å². The third kappa shape index (κ3) is 3.66. The van der Waals surface area contributed by atoms with Gasteiger partial charge in [0.1, 0.15) is 0 Å². The molecule has 3 heteroatoms. The van der Waals surface area contributed by atoms with Gasteiger partial charge in [0, 0.05) is 17.5 Å². The van der Waals surface area contributed by atoms with Crippen LogP contribution in [0.1, 0.15) is 48.0 Å². The summed E-state index contributed by atoms with van der Waals surface area (Å²) in [6.07, 6.45) is 0.203. The number of amides is 1. The van der Waals surface area contributed by atoms with Crippen LogP contribution in [0, 0.1) is 0 Å². The van der Waals surface area contributed by atoms with Crippen molar-refractivity contribution < 1.29 is 9.90 Å². The molecule has 0 aromatic rings. The van der Waals surface area contributed by atoms with E-state index in [-0.39, 0.29) is 30.0 Å². The maximum atomic E-state index is 11.8. The van der Waals surface area contributed by atoms with Gasteiger partial charge in [-0.15, -0.1) is 0 Å². The smallest absolute Gasteiger partial charge is 0.225 e. The van der Waals surface area contributed by atoms with Gasteiger partial charge in [-0.1, -0.05) is 0 Å². The van der Waals surface area contributed by atoms with E-state index in [9.17, 15) is 4.79 Å². The Labute approximate surface area is 87.1 Å². The molecule has 0 radical (unpaired) electrons. The Hall–Kier alpha value is -0.570. The van der Waals surface area contributed by atoms with Gasteiger partial charge < -0.3 is 10.0 Å². The number of carbonyl (C=O) groups is 1. The van der Waals surface area contributed by atoms with Gasteiger partial charge in [-0.25, -0.2) is 0 Å². The molecule has 0 saturated heterocycles. The first-order valence-corrected chi connectivity index (χ1v) is 5.04. The first kappa shape index (κ1) is 13.4. The lowest BCUT2D eigenvalue weighted by Crippen LogP contribution is -2.55. The first-order valence-electron chi connectivity index (χ1n) is 5.04. The highest BCUT2D eigenvalue weighted by atomic mass is 16.3. The zero-order valence-corrected chi connectivity index (χ0v) is 10.2. The van der Waals surface area contributed by atoms with Crippen molar-refractivity contribution in [3.05, 3.63) is 0 Å². The summed E-state index contributed by atoms with van der Waals surface area (Å²) in [6.45, 7) is 12.0. The molecule has 84 valence electrons. The second-order valence-corrected chi connectivity index (χ2v) is 5.54. The monoisotopic (exact) mass is 201 g/mol. The normalized spacial score (nSPS) is 12.8. The van der Waals surface area contributed by atoms with Gasteiger partial charge in [-0.05, 0) is 41.5 Å². The van der Waals surface area contributed by atoms with Gasteiger partial charge in [0.25, 0.3) is 0 Å². The fourth-order valence-electron chi connectivity index (χ4n) is 1.96. The molecule has 3 nitrogen and oxygen atoms in total. The highest BCUT2D eigenvalue weighted by Gasteiger charge is 2.34. The minimum atomic E-state index is -0.204. The average molecular weight is 201 g/mol. The zero-order valence-electron chi connectivity index (χ0n) is 10.2. The molecule has 1 amide bonds. The second-order valence-electron chi connectivity index (χ2n) is 5.54. The summed E-state index contributed by atoms with van der Waals surface area (Å²) in [5, 5.41) is 8.77. The molecule has 0 aromatic carbocycles. The van der Waals surface area contributed by atoms with Crippen LogP contribution < -0.4 is 0 Å². The molecule has 14 heavy (non-hydrogen) atoms. The summed E-state index contributed by atoms with van der Waals surface area (Å²) in [5.41, 5.74) is -0.408. The molecule has 0 saturated carbocycles. The van der Waals surface area contributed by atoms with E-state index < -0.39 is 0 Å². The largest absolute Gasteiger partial charge is 0.396 e. The number of aliphatic hydroxyl groups excluding tert-OH is 1. The van der Waals surface area contributed by atoms with Crippen LogP contribution in [0.2, 0.25) is 0 Å². The Balaban J connectivity index is 4.84. The number of carbonyl (C=O) groups excluding carboxylic acids is 1. The Morgan fingerprint density at radius 1 is 1.07 bits per heavy atom. The third-order valence-electron chi connectivity index (χ3n) is 1.92. The van der Waals surface area contributed by atoms with E-state index in [1.54, 1.807) is 0 Å². The molecular formula is C11H23NO2. The number of nitrogens with zero attached hydrogens (tertiary/aromatic N) is 1. The summed E-state index contributed by atoms with van der Waals surface area (Å²) in [7, 11) is 0. The van der Waals surface area contributed by atoms with Crippen molar-refractivity contribution >= 4 is 5.91 Å². The van der Waals surface area contributed by atoms with Crippen molar-refractivity contribution in [1.82, 2.24) is 4.90 Å². The van der Waals surface area contributed by atoms with Gasteiger partial charge in [-0.2, -0.15) is 0 Å². The SMILES string of the molecule is CC(C)(C)N(C(=O)CCO)C(C)(C)C. The first-order chi connectivity index (χ1) is 6.10. The van der Waals surface area contributed by atoms with Crippen LogP contribution in [-0.2, 0) is 4.79 Å². The second kappa shape index (κ2) is 4.30. The molecule has 0 atom stereocenters. The number of hydrogen-bond donors (Lipinski definition) is 1. The summed E-state index contributed by atoms with van der Waals surface area (Å²) in [5.74, 6) is 0.00694. The van der Waals surface area contributed by atoms with Crippen LogP contribution in [0.4, 0.5) is 0 Å². The summed E-state index contributed by atoms with van der Waals surface area (Å²) < 4.78 is 0. The lowest BCUT2D eigenvalue weighted by Gasteiger charge is -2.45. The molecule has 0 aliphatic rings. The van der Waals surface area contributed by atoms with Gasteiger partial charge >= 0.3 is 0 Å². The Kier molecular flexibility index (Phi) is 4.13. The van der Waals surface area contributed by atoms with Crippen molar-refractivity contribution in [2.45, 2.75) is 59.0 Å². The van der Waals surface area contributed by atoms with E-state index in [0.29, 0.717) is 0 Å². The van der Waals surface area contributed by atoms with Crippen molar-refractivity contribution in [2.75, 3.05) is 6.61 Å². The van der Waals surface area contributed by atoms with Crippen molar-refractivity contribution in [3.63, 3.8) is 0 Å². The van der Waals surface area contributed by atoms with Crippen LogP contribution in [0.5, 0.6) is 0 Å². The van der Waals surface area contributed by atoms with Crippen LogP contribution >= 0.6 is 0 Å². The molecule has 0 bridgehead atoms. The Morgan fingerprint density at radius 2 is 1.43 bits per heavy atom. The predicted octanol–water partition coefficient (Wildman–Crippen LogP) is 1.79. The van der Waals surface area contributed by atoms with Gasteiger partial charge in [0.2, 0.25) is 5.91 Å². The minimum absolute atomic E-state index is 0.00694. The molecule has 0 fully saturated rings. The van der Waals surface area contributed by atoms with E-state index in [0.717, 1.165) is 0 Å². The maximum absolute atomic E-state index is 11.8. The van der Waals surface area contributed by atoms with Crippen LogP contribution in [-0.4, -0.2) is 33.6 Å². The average Bonchev–Trinajstić information content (AvgIpc) is 1.78. The van der Waals surface area contributed by atoms with Crippen LogP contribution in [0.3, 0.4) is 0 Å². The molecule has 0 aliphatic heterocycles. The third-order valence-corrected chi connectivity index (χ3v) is 1.92. The van der Waals surface area contributed by atoms with E-state index in [1.807, 2.05) is 46.4 Å². The fourth-order valence-corrected chi connectivity index (χ4v) is 1.96. The summed E-state index contributed by atoms with van der Waals surface area (Å²) >= 11 is 0. The molecule has 0 aromatic heterocycles. The fraction of sp³-hybridized carbons (Fsp3) is 0.909. The molecule has 0 rings (SSSR count). The van der Waals surface area contributed by atoms with Crippen molar-refractivity contribution in [1.29, 1.82) is 0 Å². The molecule has 0 unspecified atom stereocenters. The van der Waals surface area contributed by atoms with Crippen LogP contribution in [0.25, 0.3) is 0 Å². The molecule has 0 spiro atoms. The summed E-state index contributed by atoms with van der Waals surface area (Å²) in [6, 6.07) is 0. The predicted molar refractivity (Wildman–Crippen MR) is 58.1 cm³/mol. The van der Waals surface area contributed by atoms with E-state index in [4.69, 9.17) is 5.11 Å². The van der Waals surface area contributed by atoms with Gasteiger partial charge in [0.05, 0.1) is 6.61 Å². The number of hydrogen-bond acceptors (Lipinski definition) is 2. The van der Waals surface area contributed by atoms with Gasteiger partial charge in [0.15, 0.2) is 0 Å². The lowest BCUT2D eigenvalue weighted by molar-refractivity contribution is -0.143. The van der Waals surface area contributed by atoms with E-state index in [1.165, 1.54) is 0 Å². The molecule has 1 N–H and O–H groups in total. The number of aliphatic hydroxyl groups is 1. The highest BCUT2D eigenvalue weighted by Crippen LogP contribution is 2.25. The Morgan fingerprint density at radius 3 is 1.64 bits per heavy atom. The molecule has 0 aliphatic carbocycles. The summed E-state index contributed by atoms with van der Waals surface area (Å²) in [4.78, 5) is 13.6. The number of rotatable bonds is 2. The topological polar surface area (TPSA) is 40.5 Å². The molecular weight excluding hydrogens is 178 g/mol. The van der Waals surface area contributed by atoms with Crippen LogP contribution in [0.15, 0.2) is 0 Å². The zero-order chi connectivity index (χ0) is 11.6. The Bertz CT molecular complexity index is 184. The highest BCUT2D eigenvalue weighted by molar-refractivity contribution is 5.77. The maximum Gasteiger partial charge on any atom is 0.225 e. The quantitative estimate of drug-likeness (QED) is 0.740. The molecule has 0 heterocycles.